The molecule has 0 spiro atoms. The van der Waals surface area contributed by atoms with Gasteiger partial charge in [0.15, 0.2) is 0 Å². The normalized spacial score (nSPS) is 12.9. The highest BCUT2D eigenvalue weighted by atomic mass is 35.5. The minimum absolute atomic E-state index is 0.169. The Hall–Kier alpha value is -3.05. The highest BCUT2D eigenvalue weighted by Crippen LogP contribution is 2.29. The summed E-state index contributed by atoms with van der Waals surface area (Å²) >= 11 is 5.99. The van der Waals surface area contributed by atoms with Crippen LogP contribution >= 0.6 is 11.6 Å². The van der Waals surface area contributed by atoms with Crippen LogP contribution in [0.5, 0.6) is 5.75 Å². The number of amides is 1. The first-order chi connectivity index (χ1) is 12.5. The summed E-state index contributed by atoms with van der Waals surface area (Å²) in [5.74, 6) is 0.402. The van der Waals surface area contributed by atoms with E-state index in [2.05, 4.69) is 5.32 Å². The fourth-order valence-electron chi connectivity index (χ4n) is 2.89. The van der Waals surface area contributed by atoms with E-state index >= 15 is 0 Å². The molecule has 0 saturated heterocycles. The number of halogens is 1. The van der Waals surface area contributed by atoms with Crippen molar-refractivity contribution in [1.29, 1.82) is 0 Å². The Morgan fingerprint density at radius 2 is 2.00 bits per heavy atom. The van der Waals surface area contributed by atoms with Gasteiger partial charge in [-0.2, -0.15) is 0 Å². The zero-order valence-corrected chi connectivity index (χ0v) is 14.6. The maximum atomic E-state index is 12.5. The second-order valence-electron chi connectivity index (χ2n) is 6.05. The molecule has 1 aliphatic rings. The van der Waals surface area contributed by atoms with Gasteiger partial charge < -0.3 is 14.5 Å². The maximum Gasteiger partial charge on any atom is 0.336 e. The number of aryl methyl sites for hydroxylation is 1. The van der Waals surface area contributed by atoms with Crippen molar-refractivity contribution < 1.29 is 13.9 Å². The third-order valence-electron chi connectivity index (χ3n) is 4.19. The van der Waals surface area contributed by atoms with E-state index in [1.807, 2.05) is 13.0 Å². The smallest absolute Gasteiger partial charge is 0.336 e. The Labute approximate surface area is 153 Å². The van der Waals surface area contributed by atoms with Crippen LogP contribution in [0.15, 0.2) is 57.2 Å². The molecule has 3 aromatic rings. The number of hydrogen-bond donors (Lipinski definition) is 1. The van der Waals surface area contributed by atoms with Crippen molar-refractivity contribution in [1.82, 2.24) is 0 Å². The average molecular weight is 368 g/mol. The molecule has 1 amide bonds. The molecule has 1 aliphatic heterocycles. The van der Waals surface area contributed by atoms with Gasteiger partial charge in [-0.25, -0.2) is 4.79 Å². The number of carbonyl (C=O) groups is 1. The number of benzene rings is 2. The summed E-state index contributed by atoms with van der Waals surface area (Å²) < 4.78 is 10.8. The van der Waals surface area contributed by atoms with Gasteiger partial charge in [0.2, 0.25) is 0 Å². The van der Waals surface area contributed by atoms with E-state index in [1.165, 1.54) is 6.07 Å². The van der Waals surface area contributed by atoms with Crippen LogP contribution in [0, 0.1) is 6.92 Å². The van der Waals surface area contributed by atoms with E-state index in [9.17, 15) is 9.59 Å². The van der Waals surface area contributed by atoms with Crippen LogP contribution in [0.4, 0.5) is 5.69 Å². The van der Waals surface area contributed by atoms with E-state index in [0.717, 1.165) is 16.5 Å². The zero-order chi connectivity index (χ0) is 18.3. The lowest BCUT2D eigenvalue weighted by Gasteiger charge is -2.18. The minimum Gasteiger partial charge on any atom is -0.488 e. The Kier molecular flexibility index (Phi) is 4.01. The van der Waals surface area contributed by atoms with Crippen LogP contribution in [-0.4, -0.2) is 12.5 Å². The molecule has 0 radical (unpaired) electrons. The van der Waals surface area contributed by atoms with Crippen molar-refractivity contribution >= 4 is 40.2 Å². The highest BCUT2D eigenvalue weighted by Gasteiger charge is 2.18. The standard InChI is InChI=1S/C20H14ClNO4/c1-11-6-19(23)26-18-9-15(3-4-16(11)18)22-20(24)13-7-12-8-14(21)2-5-17(12)25-10-13/h2-9H,10H2,1H3,(H,22,24). The fourth-order valence-corrected chi connectivity index (χ4v) is 3.07. The number of hydrogen-bond acceptors (Lipinski definition) is 4. The molecule has 0 bridgehead atoms. The molecule has 5 nitrogen and oxygen atoms in total. The molecule has 26 heavy (non-hydrogen) atoms. The van der Waals surface area contributed by atoms with Crippen molar-refractivity contribution in [2.75, 3.05) is 11.9 Å². The van der Waals surface area contributed by atoms with Crippen molar-refractivity contribution in [2.24, 2.45) is 0 Å². The number of rotatable bonds is 2. The van der Waals surface area contributed by atoms with Gasteiger partial charge in [0.1, 0.15) is 17.9 Å². The molecular weight excluding hydrogens is 354 g/mol. The summed E-state index contributed by atoms with van der Waals surface area (Å²) in [5, 5.41) is 4.21. The van der Waals surface area contributed by atoms with Gasteiger partial charge in [-0.3, -0.25) is 4.79 Å². The molecule has 1 N–H and O–H groups in total. The van der Waals surface area contributed by atoms with Crippen LogP contribution in [0.3, 0.4) is 0 Å². The van der Waals surface area contributed by atoms with E-state index in [4.69, 9.17) is 20.8 Å². The predicted octanol–water partition coefficient (Wildman–Crippen LogP) is 4.17. The second kappa shape index (κ2) is 6.35. The molecule has 0 fully saturated rings. The lowest BCUT2D eigenvalue weighted by Crippen LogP contribution is -2.21. The number of carbonyl (C=O) groups excluding carboxylic acids is 1. The van der Waals surface area contributed by atoms with Gasteiger partial charge in [0, 0.05) is 33.8 Å². The summed E-state index contributed by atoms with van der Waals surface area (Å²) in [6.07, 6.45) is 1.76. The Bertz CT molecular complexity index is 1130. The van der Waals surface area contributed by atoms with Crippen molar-refractivity contribution in [3.05, 3.63) is 74.6 Å². The summed E-state index contributed by atoms with van der Waals surface area (Å²) in [6.45, 7) is 2.01. The lowest BCUT2D eigenvalue weighted by atomic mass is 10.1. The number of ether oxygens (including phenoxy) is 1. The van der Waals surface area contributed by atoms with E-state index in [1.54, 1.807) is 36.4 Å². The van der Waals surface area contributed by atoms with Gasteiger partial charge in [-0.05, 0) is 48.9 Å². The Morgan fingerprint density at radius 3 is 2.85 bits per heavy atom. The second-order valence-corrected chi connectivity index (χ2v) is 6.49. The SMILES string of the molecule is Cc1cc(=O)oc2cc(NC(=O)C3=Cc4cc(Cl)ccc4OC3)ccc12. The monoisotopic (exact) mass is 367 g/mol. The highest BCUT2D eigenvalue weighted by molar-refractivity contribution is 6.30. The van der Waals surface area contributed by atoms with Crippen LogP contribution in [0.2, 0.25) is 5.02 Å². The van der Waals surface area contributed by atoms with Crippen molar-refractivity contribution in [2.45, 2.75) is 6.92 Å². The summed E-state index contributed by atoms with van der Waals surface area (Å²) in [5.41, 5.74) is 2.61. The molecule has 2 heterocycles. The van der Waals surface area contributed by atoms with Crippen LogP contribution in [-0.2, 0) is 4.79 Å². The molecule has 0 unspecified atom stereocenters. The first-order valence-electron chi connectivity index (χ1n) is 7.98. The largest absolute Gasteiger partial charge is 0.488 e. The first-order valence-corrected chi connectivity index (χ1v) is 8.36. The molecule has 0 aliphatic carbocycles. The van der Waals surface area contributed by atoms with E-state index in [-0.39, 0.29) is 12.5 Å². The molecule has 6 heteroatoms. The van der Waals surface area contributed by atoms with Crippen LogP contribution in [0.25, 0.3) is 17.0 Å². The first kappa shape index (κ1) is 16.4. The van der Waals surface area contributed by atoms with Crippen LogP contribution < -0.4 is 15.7 Å². The topological polar surface area (TPSA) is 68.5 Å². The quantitative estimate of drug-likeness (QED) is 0.690. The third-order valence-corrected chi connectivity index (χ3v) is 4.42. The molecule has 0 saturated carbocycles. The van der Waals surface area contributed by atoms with E-state index < -0.39 is 5.63 Å². The van der Waals surface area contributed by atoms with Crippen molar-refractivity contribution in [3.63, 3.8) is 0 Å². The molecule has 0 atom stereocenters. The predicted molar refractivity (Wildman–Crippen MR) is 101 cm³/mol. The average Bonchev–Trinajstić information content (AvgIpc) is 2.60. The van der Waals surface area contributed by atoms with Crippen LogP contribution in [0.1, 0.15) is 11.1 Å². The summed E-state index contributed by atoms with van der Waals surface area (Å²) in [6, 6.07) is 11.9. The number of nitrogens with one attached hydrogen (secondary N) is 1. The molecule has 2 aromatic carbocycles. The molecular formula is C20H14ClNO4. The minimum atomic E-state index is -0.421. The molecule has 1 aromatic heterocycles. The maximum absolute atomic E-state index is 12.5. The number of fused-ring (bicyclic) bond motifs is 2. The van der Waals surface area contributed by atoms with Gasteiger partial charge in [-0.1, -0.05) is 11.6 Å². The van der Waals surface area contributed by atoms with Gasteiger partial charge in [0.25, 0.3) is 5.91 Å². The lowest BCUT2D eigenvalue weighted by molar-refractivity contribution is -0.113. The van der Waals surface area contributed by atoms with Crippen molar-refractivity contribution in [3.8, 4) is 5.75 Å². The molecule has 4 rings (SSSR count). The van der Waals surface area contributed by atoms with Gasteiger partial charge in [-0.15, -0.1) is 0 Å². The third kappa shape index (κ3) is 3.09. The molecule has 130 valence electrons. The summed E-state index contributed by atoms with van der Waals surface area (Å²) in [7, 11) is 0. The summed E-state index contributed by atoms with van der Waals surface area (Å²) in [4.78, 5) is 24.1. The Morgan fingerprint density at radius 1 is 1.15 bits per heavy atom. The Balaban J connectivity index is 1.62. The van der Waals surface area contributed by atoms with Gasteiger partial charge >= 0.3 is 5.63 Å². The van der Waals surface area contributed by atoms with Gasteiger partial charge in [0.05, 0.1) is 5.57 Å². The fraction of sp³-hybridized carbons (Fsp3) is 0.100. The zero-order valence-electron chi connectivity index (χ0n) is 13.8. The number of anilines is 1. The van der Waals surface area contributed by atoms with E-state index in [0.29, 0.717) is 27.6 Å².